The van der Waals surface area contributed by atoms with Gasteiger partial charge in [0.25, 0.3) is 0 Å². The lowest BCUT2D eigenvalue weighted by Gasteiger charge is -2.34. The number of aryl methyl sites for hydroxylation is 1. The summed E-state index contributed by atoms with van der Waals surface area (Å²) in [7, 11) is 0. The molecule has 2 aromatic rings. The molecule has 1 aromatic carbocycles. The molecule has 112 valence electrons. The Morgan fingerprint density at radius 1 is 1.19 bits per heavy atom. The normalized spacial score (nSPS) is 27.7. The van der Waals surface area contributed by atoms with Crippen molar-refractivity contribution in [1.29, 1.82) is 0 Å². The highest BCUT2D eigenvalue weighted by molar-refractivity contribution is 8.07. The molecule has 0 radical (unpaired) electrons. The fourth-order valence-electron chi connectivity index (χ4n) is 2.62. The topological polar surface area (TPSA) is 33.1 Å². The molecule has 1 N–H and O–H groups in total. The first-order valence-electron chi connectivity index (χ1n) is 7.37. The number of pyridine rings is 1. The van der Waals surface area contributed by atoms with Crippen LogP contribution < -0.4 is 0 Å². The number of benzene rings is 1. The smallest absolute Gasteiger partial charge is 0.0916 e. The van der Waals surface area contributed by atoms with Crippen LogP contribution in [-0.4, -0.2) is 31.6 Å². The molecule has 1 fully saturated rings. The minimum Gasteiger partial charge on any atom is -0.387 e. The standard InChI is InChI=1S/C17H21NOS2/c1-10-4-5-13-8-14(6-7-15(13)18-10)17(19)16-9-20-11(2)12(3)21-16/h4-8,11-12,16-17,19H,9H2,1-3H3. The summed E-state index contributed by atoms with van der Waals surface area (Å²) in [6, 6.07) is 10.2. The van der Waals surface area contributed by atoms with Gasteiger partial charge in [-0.3, -0.25) is 4.98 Å². The molecule has 4 unspecified atom stereocenters. The van der Waals surface area contributed by atoms with Crippen LogP contribution in [0.1, 0.15) is 31.2 Å². The Morgan fingerprint density at radius 3 is 2.76 bits per heavy atom. The average Bonchev–Trinajstić information content (AvgIpc) is 2.49. The van der Waals surface area contributed by atoms with Crippen molar-refractivity contribution in [2.45, 2.75) is 42.6 Å². The van der Waals surface area contributed by atoms with Gasteiger partial charge >= 0.3 is 0 Å². The van der Waals surface area contributed by atoms with Crippen molar-refractivity contribution in [3.8, 4) is 0 Å². The van der Waals surface area contributed by atoms with E-state index in [-0.39, 0.29) is 5.25 Å². The number of nitrogens with zero attached hydrogens (tertiary/aromatic N) is 1. The highest BCUT2D eigenvalue weighted by Gasteiger charge is 2.31. The van der Waals surface area contributed by atoms with Crippen LogP contribution in [0.4, 0.5) is 0 Å². The molecule has 2 heterocycles. The summed E-state index contributed by atoms with van der Waals surface area (Å²) >= 11 is 3.89. The molecule has 4 heteroatoms. The summed E-state index contributed by atoms with van der Waals surface area (Å²) in [5, 5.41) is 13.3. The first kappa shape index (κ1) is 15.2. The Morgan fingerprint density at radius 2 is 2.00 bits per heavy atom. The van der Waals surface area contributed by atoms with Crippen molar-refractivity contribution in [1.82, 2.24) is 4.98 Å². The third kappa shape index (κ3) is 3.22. The van der Waals surface area contributed by atoms with Gasteiger partial charge in [-0.1, -0.05) is 26.0 Å². The lowest BCUT2D eigenvalue weighted by atomic mass is 10.0. The van der Waals surface area contributed by atoms with Crippen molar-refractivity contribution >= 4 is 34.4 Å². The van der Waals surface area contributed by atoms with Crippen LogP contribution in [-0.2, 0) is 0 Å². The van der Waals surface area contributed by atoms with E-state index >= 15 is 0 Å². The second-order valence-electron chi connectivity index (χ2n) is 5.77. The number of hydrogen-bond acceptors (Lipinski definition) is 4. The van der Waals surface area contributed by atoms with Crippen LogP contribution in [0.3, 0.4) is 0 Å². The molecule has 0 aliphatic carbocycles. The first-order chi connectivity index (χ1) is 10.0. The first-order valence-corrected chi connectivity index (χ1v) is 9.36. The third-order valence-electron chi connectivity index (χ3n) is 4.12. The molecular formula is C17H21NOS2. The van der Waals surface area contributed by atoms with Gasteiger partial charge in [-0.2, -0.15) is 23.5 Å². The Labute approximate surface area is 134 Å². The number of aromatic nitrogens is 1. The van der Waals surface area contributed by atoms with Crippen LogP contribution in [0.5, 0.6) is 0 Å². The van der Waals surface area contributed by atoms with Gasteiger partial charge in [0.15, 0.2) is 0 Å². The number of aliphatic hydroxyl groups is 1. The maximum absolute atomic E-state index is 10.7. The van der Waals surface area contributed by atoms with E-state index < -0.39 is 6.10 Å². The van der Waals surface area contributed by atoms with Gasteiger partial charge in [-0.05, 0) is 30.7 Å². The molecule has 4 atom stereocenters. The fraction of sp³-hybridized carbons (Fsp3) is 0.471. The zero-order chi connectivity index (χ0) is 15.0. The van der Waals surface area contributed by atoms with Crippen LogP contribution in [0.2, 0.25) is 0 Å². The van der Waals surface area contributed by atoms with E-state index in [1.807, 2.05) is 48.6 Å². The largest absolute Gasteiger partial charge is 0.387 e. The summed E-state index contributed by atoms with van der Waals surface area (Å²) in [4.78, 5) is 4.52. The second kappa shape index (κ2) is 6.19. The van der Waals surface area contributed by atoms with Crippen LogP contribution >= 0.6 is 23.5 Å². The molecule has 1 aliphatic heterocycles. The highest BCUT2D eigenvalue weighted by Crippen LogP contribution is 2.41. The Balaban J connectivity index is 1.84. The van der Waals surface area contributed by atoms with Crippen LogP contribution in [0, 0.1) is 6.92 Å². The maximum Gasteiger partial charge on any atom is 0.0916 e. The summed E-state index contributed by atoms with van der Waals surface area (Å²) in [5.41, 5.74) is 3.03. The highest BCUT2D eigenvalue weighted by atomic mass is 32.2. The molecule has 0 spiro atoms. The molecule has 21 heavy (non-hydrogen) atoms. The average molecular weight is 319 g/mol. The minimum absolute atomic E-state index is 0.275. The Kier molecular flexibility index (Phi) is 4.48. The zero-order valence-electron chi connectivity index (χ0n) is 12.6. The van der Waals surface area contributed by atoms with Crippen molar-refractivity contribution in [2.24, 2.45) is 0 Å². The predicted molar refractivity (Wildman–Crippen MR) is 94.2 cm³/mol. The monoisotopic (exact) mass is 319 g/mol. The third-order valence-corrected chi connectivity index (χ3v) is 7.60. The van der Waals surface area contributed by atoms with Gasteiger partial charge < -0.3 is 5.11 Å². The molecule has 0 saturated carbocycles. The van der Waals surface area contributed by atoms with Gasteiger partial charge in [0.05, 0.1) is 11.6 Å². The van der Waals surface area contributed by atoms with Gasteiger partial charge in [-0.25, -0.2) is 0 Å². The van der Waals surface area contributed by atoms with E-state index in [1.165, 1.54) is 0 Å². The van der Waals surface area contributed by atoms with E-state index in [1.54, 1.807) is 0 Å². The molecule has 1 saturated heterocycles. The molecule has 1 aromatic heterocycles. The van der Waals surface area contributed by atoms with Crippen molar-refractivity contribution in [2.75, 3.05) is 5.75 Å². The van der Waals surface area contributed by atoms with Crippen molar-refractivity contribution in [3.05, 3.63) is 41.6 Å². The number of thioether (sulfide) groups is 2. The maximum atomic E-state index is 10.7. The van der Waals surface area contributed by atoms with Crippen molar-refractivity contribution in [3.63, 3.8) is 0 Å². The second-order valence-corrected chi connectivity index (χ2v) is 8.80. The summed E-state index contributed by atoms with van der Waals surface area (Å²) in [5.74, 6) is 1.02. The van der Waals surface area contributed by atoms with Crippen molar-refractivity contribution < 1.29 is 5.11 Å². The number of hydrogen-bond donors (Lipinski definition) is 1. The molecule has 2 nitrogen and oxygen atoms in total. The van der Waals surface area contributed by atoms with Crippen LogP contribution in [0.15, 0.2) is 30.3 Å². The van der Waals surface area contributed by atoms with Crippen LogP contribution in [0.25, 0.3) is 10.9 Å². The fourth-order valence-corrected chi connectivity index (χ4v) is 5.62. The molecule has 1 aliphatic rings. The molecular weight excluding hydrogens is 298 g/mol. The lowest BCUT2D eigenvalue weighted by Crippen LogP contribution is -2.30. The van der Waals surface area contributed by atoms with E-state index in [9.17, 15) is 5.11 Å². The lowest BCUT2D eigenvalue weighted by molar-refractivity contribution is 0.180. The summed E-state index contributed by atoms with van der Waals surface area (Å²) < 4.78 is 0. The van der Waals surface area contributed by atoms with E-state index in [4.69, 9.17) is 0 Å². The molecule has 0 amide bonds. The number of fused-ring (bicyclic) bond motifs is 1. The quantitative estimate of drug-likeness (QED) is 0.899. The van der Waals surface area contributed by atoms with Gasteiger partial charge in [0, 0.05) is 32.6 Å². The molecule has 0 bridgehead atoms. The summed E-state index contributed by atoms with van der Waals surface area (Å²) in [6.07, 6.45) is -0.400. The van der Waals surface area contributed by atoms with E-state index in [0.717, 1.165) is 27.9 Å². The Bertz CT molecular complexity index is 646. The van der Waals surface area contributed by atoms with E-state index in [2.05, 4.69) is 31.0 Å². The van der Waals surface area contributed by atoms with Gasteiger partial charge in [-0.15, -0.1) is 0 Å². The number of aliphatic hydroxyl groups excluding tert-OH is 1. The summed E-state index contributed by atoms with van der Waals surface area (Å²) in [6.45, 7) is 6.53. The predicted octanol–water partition coefficient (Wildman–Crippen LogP) is 4.20. The van der Waals surface area contributed by atoms with Gasteiger partial charge in [0.2, 0.25) is 0 Å². The van der Waals surface area contributed by atoms with E-state index in [0.29, 0.717) is 10.5 Å². The zero-order valence-corrected chi connectivity index (χ0v) is 14.2. The Hall–Kier alpha value is -0.710. The molecule has 3 rings (SSSR count). The SMILES string of the molecule is Cc1ccc2cc(C(O)C3CSC(C)C(C)S3)ccc2n1. The van der Waals surface area contributed by atoms with Gasteiger partial charge in [0.1, 0.15) is 0 Å². The minimum atomic E-state index is -0.400. The number of rotatable bonds is 2.